The van der Waals surface area contributed by atoms with Crippen molar-refractivity contribution in [3.63, 3.8) is 0 Å². The molecule has 25 heavy (non-hydrogen) atoms. The molecular formula is C15H16Cl2F3N3O2. The Hall–Kier alpha value is -1.51. The molecule has 1 fully saturated rings. The first-order valence-corrected chi connectivity index (χ1v) is 8.25. The molecule has 2 amide bonds. The van der Waals surface area contributed by atoms with E-state index in [0.717, 1.165) is 0 Å². The van der Waals surface area contributed by atoms with Gasteiger partial charge >= 0.3 is 6.18 Å². The van der Waals surface area contributed by atoms with Crippen LogP contribution in [0, 0.1) is 0 Å². The maximum Gasteiger partial charge on any atom is 0.405 e. The van der Waals surface area contributed by atoms with E-state index in [-0.39, 0.29) is 12.5 Å². The summed E-state index contributed by atoms with van der Waals surface area (Å²) in [6.45, 7) is -1.23. The number of carbonyl (C=O) groups excluding carboxylic acids is 2. The lowest BCUT2D eigenvalue weighted by Crippen LogP contribution is -2.46. The van der Waals surface area contributed by atoms with Gasteiger partial charge in [0.25, 0.3) is 0 Å². The number of nitrogens with one attached hydrogen (secondary N) is 2. The van der Waals surface area contributed by atoms with E-state index in [0.29, 0.717) is 35.1 Å². The molecule has 1 aliphatic heterocycles. The van der Waals surface area contributed by atoms with Crippen LogP contribution in [0.1, 0.15) is 12.8 Å². The van der Waals surface area contributed by atoms with Gasteiger partial charge < -0.3 is 10.6 Å². The van der Waals surface area contributed by atoms with Gasteiger partial charge in [-0.3, -0.25) is 14.5 Å². The molecule has 2 rings (SSSR count). The molecule has 1 aromatic carbocycles. The molecule has 5 nitrogen and oxygen atoms in total. The molecule has 2 N–H and O–H groups in total. The number of nitrogens with zero attached hydrogens (tertiary/aromatic N) is 1. The van der Waals surface area contributed by atoms with Gasteiger partial charge in [0, 0.05) is 5.02 Å². The minimum atomic E-state index is -4.47. The predicted octanol–water partition coefficient (Wildman–Crippen LogP) is 3.07. The second-order valence-electron chi connectivity index (χ2n) is 5.63. The largest absolute Gasteiger partial charge is 0.405 e. The summed E-state index contributed by atoms with van der Waals surface area (Å²) in [4.78, 5) is 25.6. The van der Waals surface area contributed by atoms with Gasteiger partial charge in [-0.15, -0.1) is 0 Å². The van der Waals surface area contributed by atoms with E-state index in [1.807, 2.05) is 0 Å². The van der Waals surface area contributed by atoms with E-state index >= 15 is 0 Å². The van der Waals surface area contributed by atoms with Gasteiger partial charge in [-0.05, 0) is 37.6 Å². The van der Waals surface area contributed by atoms with Crippen molar-refractivity contribution >= 4 is 40.7 Å². The van der Waals surface area contributed by atoms with Crippen molar-refractivity contribution in [3.8, 4) is 0 Å². The van der Waals surface area contributed by atoms with Gasteiger partial charge in [0.15, 0.2) is 0 Å². The Morgan fingerprint density at radius 1 is 1.28 bits per heavy atom. The fourth-order valence-corrected chi connectivity index (χ4v) is 2.90. The molecule has 0 aliphatic carbocycles. The number of anilines is 1. The van der Waals surface area contributed by atoms with Crippen LogP contribution in [0.15, 0.2) is 18.2 Å². The van der Waals surface area contributed by atoms with Crippen LogP contribution in [-0.4, -0.2) is 48.6 Å². The number of halogens is 5. The summed E-state index contributed by atoms with van der Waals surface area (Å²) < 4.78 is 36.4. The van der Waals surface area contributed by atoms with E-state index in [1.165, 1.54) is 12.1 Å². The number of alkyl halides is 3. The number of likely N-dealkylation sites (tertiary alicyclic amines) is 1. The van der Waals surface area contributed by atoms with Crippen LogP contribution >= 0.6 is 23.2 Å². The summed E-state index contributed by atoms with van der Waals surface area (Å²) >= 11 is 11.9. The van der Waals surface area contributed by atoms with Crippen molar-refractivity contribution in [2.24, 2.45) is 0 Å². The standard InChI is InChI=1S/C15H16Cl2F3N3O2/c16-9-3-4-10(17)11(6-9)22-14(25)12-2-1-5-23(12)7-13(24)21-8-15(18,19)20/h3-4,6,12H,1-2,5,7-8H2,(H,21,24)(H,22,25)/t12-/m1/s1. The van der Waals surface area contributed by atoms with Crippen molar-refractivity contribution in [2.75, 3.05) is 25.0 Å². The Morgan fingerprint density at radius 3 is 2.68 bits per heavy atom. The Kier molecular flexibility index (Phi) is 6.53. The van der Waals surface area contributed by atoms with E-state index in [4.69, 9.17) is 23.2 Å². The normalized spacial score (nSPS) is 18.2. The van der Waals surface area contributed by atoms with Crippen molar-refractivity contribution in [1.82, 2.24) is 10.2 Å². The quantitative estimate of drug-likeness (QED) is 0.802. The van der Waals surface area contributed by atoms with Gasteiger partial charge in [0.1, 0.15) is 6.54 Å². The number of carbonyl (C=O) groups is 2. The lowest BCUT2D eigenvalue weighted by molar-refractivity contribution is -0.139. The second-order valence-corrected chi connectivity index (χ2v) is 6.48. The van der Waals surface area contributed by atoms with E-state index < -0.39 is 24.7 Å². The molecule has 0 saturated carbocycles. The topological polar surface area (TPSA) is 61.4 Å². The molecule has 138 valence electrons. The number of hydrogen-bond donors (Lipinski definition) is 2. The Labute approximate surface area is 152 Å². The van der Waals surface area contributed by atoms with Gasteiger partial charge in [-0.25, -0.2) is 0 Å². The molecule has 10 heteroatoms. The van der Waals surface area contributed by atoms with Crippen LogP contribution in [0.4, 0.5) is 18.9 Å². The number of hydrogen-bond acceptors (Lipinski definition) is 3. The lowest BCUT2D eigenvalue weighted by atomic mass is 10.2. The zero-order valence-electron chi connectivity index (χ0n) is 13.0. The molecule has 0 spiro atoms. The minimum Gasteiger partial charge on any atom is -0.346 e. The molecule has 0 bridgehead atoms. The molecule has 0 radical (unpaired) electrons. The fourth-order valence-electron chi connectivity index (χ4n) is 2.56. The summed E-state index contributed by atoms with van der Waals surface area (Å²) in [7, 11) is 0. The van der Waals surface area contributed by atoms with Crippen molar-refractivity contribution in [2.45, 2.75) is 25.1 Å². The van der Waals surface area contributed by atoms with Crippen LogP contribution in [0.2, 0.25) is 10.0 Å². The monoisotopic (exact) mass is 397 g/mol. The summed E-state index contributed by atoms with van der Waals surface area (Å²) in [5.41, 5.74) is 0.340. The summed E-state index contributed by atoms with van der Waals surface area (Å²) in [6.07, 6.45) is -3.31. The highest BCUT2D eigenvalue weighted by Crippen LogP contribution is 2.27. The second kappa shape index (κ2) is 8.25. The van der Waals surface area contributed by atoms with E-state index in [1.54, 1.807) is 16.3 Å². The molecular weight excluding hydrogens is 382 g/mol. The predicted molar refractivity (Wildman–Crippen MR) is 88.8 cm³/mol. The minimum absolute atomic E-state index is 0.280. The average Bonchev–Trinajstić information content (AvgIpc) is 2.96. The molecule has 1 aliphatic rings. The van der Waals surface area contributed by atoms with Crippen LogP contribution in [0.3, 0.4) is 0 Å². The number of benzene rings is 1. The van der Waals surface area contributed by atoms with Crippen molar-refractivity contribution in [3.05, 3.63) is 28.2 Å². The highest BCUT2D eigenvalue weighted by molar-refractivity contribution is 6.35. The summed E-state index contributed by atoms with van der Waals surface area (Å²) in [6, 6.07) is 3.99. The number of rotatable bonds is 5. The number of amides is 2. The van der Waals surface area contributed by atoms with E-state index in [9.17, 15) is 22.8 Å². The fraction of sp³-hybridized carbons (Fsp3) is 0.467. The lowest BCUT2D eigenvalue weighted by Gasteiger charge is -2.23. The Balaban J connectivity index is 1.94. The Morgan fingerprint density at radius 2 is 2.00 bits per heavy atom. The first-order valence-electron chi connectivity index (χ1n) is 7.49. The van der Waals surface area contributed by atoms with Crippen LogP contribution in [-0.2, 0) is 9.59 Å². The molecule has 1 atom stereocenters. The summed E-state index contributed by atoms with van der Waals surface area (Å²) in [5.74, 6) is -1.16. The average molecular weight is 398 g/mol. The van der Waals surface area contributed by atoms with Gasteiger partial charge in [0.2, 0.25) is 11.8 Å². The highest BCUT2D eigenvalue weighted by atomic mass is 35.5. The van der Waals surface area contributed by atoms with Gasteiger partial charge in [-0.2, -0.15) is 13.2 Å². The van der Waals surface area contributed by atoms with Gasteiger partial charge in [0.05, 0.1) is 23.3 Å². The van der Waals surface area contributed by atoms with Crippen molar-refractivity contribution < 1.29 is 22.8 Å². The third kappa shape index (κ3) is 6.05. The molecule has 1 saturated heterocycles. The third-order valence-corrected chi connectivity index (χ3v) is 4.25. The Bertz CT molecular complexity index is 655. The molecule has 0 aromatic heterocycles. The van der Waals surface area contributed by atoms with Crippen LogP contribution in [0.5, 0.6) is 0 Å². The zero-order valence-corrected chi connectivity index (χ0v) is 14.5. The first-order chi connectivity index (χ1) is 11.7. The summed E-state index contributed by atoms with van der Waals surface area (Å²) in [5, 5.41) is 5.15. The molecule has 0 unspecified atom stereocenters. The SMILES string of the molecule is O=C(CN1CCC[C@@H]1C(=O)Nc1cc(Cl)ccc1Cl)NCC(F)(F)F. The zero-order chi connectivity index (χ0) is 18.6. The van der Waals surface area contributed by atoms with Crippen molar-refractivity contribution in [1.29, 1.82) is 0 Å². The third-order valence-electron chi connectivity index (χ3n) is 3.69. The first kappa shape index (κ1) is 19.8. The van der Waals surface area contributed by atoms with E-state index in [2.05, 4.69) is 5.32 Å². The van der Waals surface area contributed by atoms with Gasteiger partial charge in [-0.1, -0.05) is 23.2 Å². The van der Waals surface area contributed by atoms with Crippen LogP contribution in [0.25, 0.3) is 0 Å². The molecule has 1 aromatic rings. The van der Waals surface area contributed by atoms with Crippen LogP contribution < -0.4 is 10.6 Å². The maximum absolute atomic E-state index is 12.4. The maximum atomic E-state index is 12.4. The molecule has 1 heterocycles. The highest BCUT2D eigenvalue weighted by Gasteiger charge is 2.33. The smallest absolute Gasteiger partial charge is 0.346 e.